The molecule has 1 saturated carbocycles. The third kappa shape index (κ3) is 2.08. The van der Waals surface area contributed by atoms with Gasteiger partial charge >= 0.3 is 0 Å². The average molecular weight is 289 g/mol. The van der Waals surface area contributed by atoms with E-state index in [0.29, 0.717) is 6.54 Å². The Morgan fingerprint density at radius 1 is 1.33 bits per heavy atom. The van der Waals surface area contributed by atoms with Gasteiger partial charge in [-0.05, 0) is 36.6 Å². The zero-order valence-corrected chi connectivity index (χ0v) is 10.9. The van der Waals surface area contributed by atoms with Crippen molar-refractivity contribution in [1.29, 1.82) is 0 Å². The number of hydrogen-bond donors (Lipinski definition) is 1. The highest BCUT2D eigenvalue weighted by Gasteiger charge is 2.35. The summed E-state index contributed by atoms with van der Waals surface area (Å²) in [5, 5.41) is 0.799. The number of nitrogens with two attached hydrogens (primary N) is 1. The Labute approximate surface area is 104 Å². The maximum atomic E-state index is 6.05. The van der Waals surface area contributed by atoms with Crippen LogP contribution >= 0.6 is 27.5 Å². The van der Waals surface area contributed by atoms with Gasteiger partial charge in [-0.25, -0.2) is 0 Å². The van der Waals surface area contributed by atoms with Crippen molar-refractivity contribution in [1.82, 2.24) is 0 Å². The van der Waals surface area contributed by atoms with Crippen LogP contribution in [0, 0.1) is 0 Å². The maximum absolute atomic E-state index is 6.05. The highest BCUT2D eigenvalue weighted by atomic mass is 79.9. The normalized spacial score (nSPS) is 19.4. The fourth-order valence-electron chi connectivity index (χ4n) is 2.54. The molecule has 82 valence electrons. The van der Waals surface area contributed by atoms with Crippen molar-refractivity contribution in [2.75, 3.05) is 6.54 Å². The monoisotopic (exact) mass is 287 g/mol. The Morgan fingerprint density at radius 2 is 2.00 bits per heavy atom. The molecule has 0 atom stereocenters. The fraction of sp³-hybridized carbons (Fsp3) is 0.500. The van der Waals surface area contributed by atoms with E-state index in [2.05, 4.69) is 22.0 Å². The quantitative estimate of drug-likeness (QED) is 0.878. The second-order valence-electron chi connectivity index (χ2n) is 4.32. The van der Waals surface area contributed by atoms with Crippen LogP contribution in [-0.4, -0.2) is 6.54 Å². The summed E-state index contributed by atoms with van der Waals surface area (Å²) in [5.74, 6) is 0. The van der Waals surface area contributed by atoms with E-state index < -0.39 is 0 Å². The molecule has 15 heavy (non-hydrogen) atoms. The van der Waals surface area contributed by atoms with Gasteiger partial charge in [-0.2, -0.15) is 0 Å². The van der Waals surface area contributed by atoms with E-state index >= 15 is 0 Å². The van der Waals surface area contributed by atoms with E-state index in [-0.39, 0.29) is 5.41 Å². The van der Waals surface area contributed by atoms with Crippen molar-refractivity contribution in [2.24, 2.45) is 5.73 Å². The average Bonchev–Trinajstić information content (AvgIpc) is 2.71. The lowest BCUT2D eigenvalue weighted by Crippen LogP contribution is -2.32. The van der Waals surface area contributed by atoms with Gasteiger partial charge in [0, 0.05) is 21.5 Å². The molecular formula is C12H15BrClN. The van der Waals surface area contributed by atoms with Gasteiger partial charge in [0.1, 0.15) is 0 Å². The Hall–Kier alpha value is -0.0500. The topological polar surface area (TPSA) is 26.0 Å². The van der Waals surface area contributed by atoms with E-state index in [1.54, 1.807) is 0 Å². The number of benzene rings is 1. The van der Waals surface area contributed by atoms with Gasteiger partial charge in [0.05, 0.1) is 0 Å². The highest BCUT2D eigenvalue weighted by Crippen LogP contribution is 2.43. The predicted octanol–water partition coefficient (Wildman–Crippen LogP) is 3.87. The van der Waals surface area contributed by atoms with Crippen LogP contribution in [0.5, 0.6) is 0 Å². The van der Waals surface area contributed by atoms with Crippen LogP contribution in [0.4, 0.5) is 0 Å². The molecule has 0 spiro atoms. The molecule has 1 aliphatic rings. The van der Waals surface area contributed by atoms with Crippen LogP contribution in [0.2, 0.25) is 5.02 Å². The lowest BCUT2D eigenvalue weighted by atomic mass is 9.79. The summed E-state index contributed by atoms with van der Waals surface area (Å²) in [6.45, 7) is 0.714. The van der Waals surface area contributed by atoms with Crippen LogP contribution in [0.3, 0.4) is 0 Å². The lowest BCUT2D eigenvalue weighted by Gasteiger charge is -2.29. The minimum absolute atomic E-state index is 0.156. The largest absolute Gasteiger partial charge is 0.330 e. The summed E-state index contributed by atoms with van der Waals surface area (Å²) in [7, 11) is 0. The van der Waals surface area contributed by atoms with Crippen molar-refractivity contribution in [3.63, 3.8) is 0 Å². The van der Waals surface area contributed by atoms with Gasteiger partial charge in [-0.1, -0.05) is 40.4 Å². The summed E-state index contributed by atoms with van der Waals surface area (Å²) in [6, 6.07) is 5.99. The molecule has 0 aromatic heterocycles. The minimum atomic E-state index is 0.156. The van der Waals surface area contributed by atoms with E-state index in [1.165, 1.54) is 31.2 Å². The molecule has 2 N–H and O–H groups in total. The summed E-state index contributed by atoms with van der Waals surface area (Å²) in [6.07, 6.45) is 4.91. The first-order valence-electron chi connectivity index (χ1n) is 5.33. The fourth-order valence-corrected chi connectivity index (χ4v) is 3.38. The number of halogens is 2. The lowest BCUT2D eigenvalue weighted by molar-refractivity contribution is 0.451. The maximum Gasteiger partial charge on any atom is 0.0409 e. The summed E-state index contributed by atoms with van der Waals surface area (Å²) in [5.41, 5.74) is 7.40. The van der Waals surface area contributed by atoms with Crippen LogP contribution in [0.25, 0.3) is 0 Å². The molecule has 0 bridgehead atoms. The molecule has 3 heteroatoms. The first-order chi connectivity index (χ1) is 7.18. The highest BCUT2D eigenvalue weighted by molar-refractivity contribution is 9.10. The molecule has 1 aromatic carbocycles. The first-order valence-corrected chi connectivity index (χ1v) is 6.51. The Bertz CT molecular complexity index is 359. The van der Waals surface area contributed by atoms with Crippen molar-refractivity contribution in [2.45, 2.75) is 31.1 Å². The first kappa shape index (κ1) is 11.4. The van der Waals surface area contributed by atoms with Gasteiger partial charge in [0.25, 0.3) is 0 Å². The van der Waals surface area contributed by atoms with E-state index in [0.717, 1.165) is 9.50 Å². The van der Waals surface area contributed by atoms with Crippen LogP contribution in [-0.2, 0) is 5.41 Å². The van der Waals surface area contributed by atoms with Crippen LogP contribution in [0.15, 0.2) is 22.7 Å². The van der Waals surface area contributed by atoms with Crippen molar-refractivity contribution in [3.05, 3.63) is 33.3 Å². The van der Waals surface area contributed by atoms with Crippen molar-refractivity contribution in [3.8, 4) is 0 Å². The number of rotatable bonds is 2. The van der Waals surface area contributed by atoms with E-state index in [9.17, 15) is 0 Å². The van der Waals surface area contributed by atoms with Gasteiger partial charge in [-0.3, -0.25) is 0 Å². The Morgan fingerprint density at radius 3 is 2.60 bits per heavy atom. The van der Waals surface area contributed by atoms with E-state index in [1.807, 2.05) is 12.1 Å². The van der Waals surface area contributed by atoms with Gasteiger partial charge in [0.2, 0.25) is 0 Å². The molecule has 0 saturated heterocycles. The Balaban J connectivity index is 2.46. The molecule has 0 aliphatic heterocycles. The third-order valence-corrected chi connectivity index (χ3v) is 4.38. The molecular weight excluding hydrogens is 273 g/mol. The molecule has 0 amide bonds. The van der Waals surface area contributed by atoms with Gasteiger partial charge in [0.15, 0.2) is 0 Å². The second-order valence-corrected chi connectivity index (χ2v) is 5.61. The summed E-state index contributed by atoms with van der Waals surface area (Å²) < 4.78 is 1.14. The standard InChI is InChI=1S/C12H15BrClN/c13-11-4-3-9(14)7-10(11)12(8-15)5-1-2-6-12/h3-4,7H,1-2,5-6,8,15H2. The minimum Gasteiger partial charge on any atom is -0.330 e. The van der Waals surface area contributed by atoms with Crippen molar-refractivity contribution < 1.29 is 0 Å². The zero-order chi connectivity index (χ0) is 10.9. The second kappa shape index (κ2) is 4.44. The molecule has 1 aliphatic carbocycles. The van der Waals surface area contributed by atoms with Gasteiger partial charge < -0.3 is 5.73 Å². The molecule has 0 unspecified atom stereocenters. The molecule has 0 radical (unpaired) electrons. The molecule has 1 fully saturated rings. The summed E-state index contributed by atoms with van der Waals surface area (Å²) >= 11 is 9.65. The van der Waals surface area contributed by atoms with Gasteiger partial charge in [-0.15, -0.1) is 0 Å². The van der Waals surface area contributed by atoms with E-state index in [4.69, 9.17) is 17.3 Å². The molecule has 1 aromatic rings. The molecule has 0 heterocycles. The van der Waals surface area contributed by atoms with Crippen LogP contribution in [0.1, 0.15) is 31.2 Å². The number of hydrogen-bond acceptors (Lipinski definition) is 1. The zero-order valence-electron chi connectivity index (χ0n) is 8.60. The van der Waals surface area contributed by atoms with Crippen molar-refractivity contribution >= 4 is 27.5 Å². The SMILES string of the molecule is NCC1(c2cc(Cl)ccc2Br)CCCC1. The van der Waals surface area contributed by atoms with Crippen LogP contribution < -0.4 is 5.73 Å². The molecule has 1 nitrogen and oxygen atoms in total. The predicted molar refractivity (Wildman–Crippen MR) is 68.4 cm³/mol. The molecule has 2 rings (SSSR count). The third-order valence-electron chi connectivity index (χ3n) is 3.45. The summed E-state index contributed by atoms with van der Waals surface area (Å²) in [4.78, 5) is 0. The smallest absolute Gasteiger partial charge is 0.0409 e. The Kier molecular flexibility index (Phi) is 3.39.